The number of hydrogen-bond donors (Lipinski definition) is 2. The third-order valence-electron chi connectivity index (χ3n) is 2.87. The van der Waals surface area contributed by atoms with Gasteiger partial charge in [0.05, 0.1) is 5.41 Å². The van der Waals surface area contributed by atoms with Crippen LogP contribution in [0.3, 0.4) is 0 Å². The van der Waals surface area contributed by atoms with E-state index in [1.807, 2.05) is 0 Å². The van der Waals surface area contributed by atoms with Gasteiger partial charge in [-0.25, -0.2) is 9.59 Å². The molecule has 19 heavy (non-hydrogen) atoms. The number of furan rings is 2. The Morgan fingerprint density at radius 2 is 1.26 bits per heavy atom. The second-order valence-corrected chi connectivity index (χ2v) is 4.56. The highest BCUT2D eigenvalue weighted by Crippen LogP contribution is 2.33. The molecule has 0 bridgehead atoms. The van der Waals surface area contributed by atoms with Crippen LogP contribution in [0.5, 0.6) is 0 Å². The molecule has 0 aromatic carbocycles. The van der Waals surface area contributed by atoms with E-state index in [0.29, 0.717) is 11.5 Å². The maximum Gasteiger partial charge on any atom is 0.371 e. The molecule has 0 aliphatic rings. The first-order valence-corrected chi connectivity index (χ1v) is 5.49. The molecule has 0 fully saturated rings. The lowest BCUT2D eigenvalue weighted by Crippen LogP contribution is -2.17. The molecule has 6 nitrogen and oxygen atoms in total. The van der Waals surface area contributed by atoms with E-state index in [9.17, 15) is 9.59 Å². The third kappa shape index (κ3) is 2.24. The molecule has 2 rings (SSSR count). The van der Waals surface area contributed by atoms with Crippen molar-refractivity contribution in [1.29, 1.82) is 0 Å². The van der Waals surface area contributed by atoms with Gasteiger partial charge in [0.1, 0.15) is 11.5 Å². The summed E-state index contributed by atoms with van der Waals surface area (Å²) < 4.78 is 10.5. The average molecular weight is 264 g/mol. The van der Waals surface area contributed by atoms with Crippen LogP contribution < -0.4 is 0 Å². The number of carboxylic acids is 2. The Hall–Kier alpha value is -2.50. The fourth-order valence-electron chi connectivity index (χ4n) is 1.70. The lowest BCUT2D eigenvalue weighted by Gasteiger charge is -2.18. The van der Waals surface area contributed by atoms with E-state index in [1.165, 1.54) is 24.3 Å². The Morgan fingerprint density at radius 1 is 0.895 bits per heavy atom. The molecule has 100 valence electrons. The van der Waals surface area contributed by atoms with Gasteiger partial charge in [0.2, 0.25) is 11.5 Å². The highest BCUT2D eigenvalue weighted by molar-refractivity contribution is 5.85. The molecule has 0 amide bonds. The summed E-state index contributed by atoms with van der Waals surface area (Å²) in [4.78, 5) is 21.6. The molecule has 0 spiro atoms. The number of hydrogen-bond acceptors (Lipinski definition) is 4. The summed E-state index contributed by atoms with van der Waals surface area (Å²) >= 11 is 0. The summed E-state index contributed by atoms with van der Waals surface area (Å²) in [6.45, 7) is 3.50. The van der Waals surface area contributed by atoms with Crippen LogP contribution in [0.2, 0.25) is 0 Å². The third-order valence-corrected chi connectivity index (χ3v) is 2.87. The van der Waals surface area contributed by atoms with Crippen molar-refractivity contribution in [3.8, 4) is 0 Å². The van der Waals surface area contributed by atoms with Gasteiger partial charge in [-0.1, -0.05) is 0 Å². The molecular formula is C13H12O6. The van der Waals surface area contributed by atoms with Crippen molar-refractivity contribution in [3.63, 3.8) is 0 Å². The van der Waals surface area contributed by atoms with Gasteiger partial charge < -0.3 is 19.0 Å². The van der Waals surface area contributed by atoms with E-state index in [4.69, 9.17) is 19.0 Å². The van der Waals surface area contributed by atoms with Crippen molar-refractivity contribution < 1.29 is 28.6 Å². The van der Waals surface area contributed by atoms with Crippen molar-refractivity contribution in [2.75, 3.05) is 0 Å². The second kappa shape index (κ2) is 4.31. The van der Waals surface area contributed by atoms with Crippen LogP contribution in [0.4, 0.5) is 0 Å². The van der Waals surface area contributed by atoms with Gasteiger partial charge in [-0.15, -0.1) is 0 Å². The summed E-state index contributed by atoms with van der Waals surface area (Å²) in [7, 11) is 0. The van der Waals surface area contributed by atoms with E-state index in [0.717, 1.165) is 0 Å². The molecule has 2 heterocycles. The van der Waals surface area contributed by atoms with Crippen LogP contribution >= 0.6 is 0 Å². The first-order valence-electron chi connectivity index (χ1n) is 5.49. The lowest BCUT2D eigenvalue weighted by molar-refractivity contribution is 0.0653. The van der Waals surface area contributed by atoms with Crippen molar-refractivity contribution in [3.05, 3.63) is 47.3 Å². The highest BCUT2D eigenvalue weighted by atomic mass is 16.4. The smallest absolute Gasteiger partial charge is 0.371 e. The molecule has 2 aromatic rings. The van der Waals surface area contributed by atoms with Crippen LogP contribution in [-0.2, 0) is 5.41 Å². The second-order valence-electron chi connectivity index (χ2n) is 4.56. The van der Waals surface area contributed by atoms with E-state index in [-0.39, 0.29) is 11.5 Å². The zero-order valence-corrected chi connectivity index (χ0v) is 10.3. The standard InChI is InChI=1S/C13H12O6/c1-13(2,9-5-3-7(18-9)11(14)15)10-6-4-8(19-10)12(16)17/h3-6H,1-2H3,(H,14,15)(H,16,17). The van der Waals surface area contributed by atoms with Gasteiger partial charge in [0.15, 0.2) is 0 Å². The first-order chi connectivity index (χ1) is 8.82. The maximum absolute atomic E-state index is 10.8. The van der Waals surface area contributed by atoms with Gasteiger partial charge in [-0.05, 0) is 38.1 Å². The molecule has 0 aliphatic carbocycles. The van der Waals surface area contributed by atoms with Crippen molar-refractivity contribution >= 4 is 11.9 Å². The lowest BCUT2D eigenvalue weighted by atomic mass is 9.87. The minimum absolute atomic E-state index is 0.173. The molecule has 0 unspecified atom stereocenters. The predicted molar refractivity (Wildman–Crippen MR) is 63.5 cm³/mol. The van der Waals surface area contributed by atoms with Crippen LogP contribution in [0.25, 0.3) is 0 Å². The summed E-state index contributed by atoms with van der Waals surface area (Å²) in [6.07, 6.45) is 0. The number of carbonyl (C=O) groups is 2. The summed E-state index contributed by atoms with van der Waals surface area (Å²) in [5.74, 6) is -1.89. The Labute approximate surface area is 108 Å². The number of carboxylic acid groups (broad SMARTS) is 2. The highest BCUT2D eigenvalue weighted by Gasteiger charge is 2.31. The fraction of sp³-hybridized carbons (Fsp3) is 0.231. The molecule has 0 radical (unpaired) electrons. The normalized spacial score (nSPS) is 11.5. The van der Waals surface area contributed by atoms with Gasteiger partial charge in [0, 0.05) is 0 Å². The monoisotopic (exact) mass is 264 g/mol. The Bertz CT molecular complexity index is 577. The fourth-order valence-corrected chi connectivity index (χ4v) is 1.70. The Morgan fingerprint density at radius 3 is 1.53 bits per heavy atom. The summed E-state index contributed by atoms with van der Waals surface area (Å²) in [5.41, 5.74) is -0.763. The molecule has 2 N–H and O–H groups in total. The van der Waals surface area contributed by atoms with Crippen LogP contribution in [-0.4, -0.2) is 22.2 Å². The van der Waals surface area contributed by atoms with Gasteiger partial charge in [-0.2, -0.15) is 0 Å². The van der Waals surface area contributed by atoms with Crippen LogP contribution in [0.1, 0.15) is 46.5 Å². The molecule has 2 aromatic heterocycles. The largest absolute Gasteiger partial charge is 0.475 e. The van der Waals surface area contributed by atoms with Crippen molar-refractivity contribution in [2.24, 2.45) is 0 Å². The molecular weight excluding hydrogens is 252 g/mol. The molecule has 0 saturated carbocycles. The van der Waals surface area contributed by atoms with Gasteiger partial charge >= 0.3 is 11.9 Å². The molecule has 0 atom stereocenters. The topological polar surface area (TPSA) is 101 Å². The SMILES string of the molecule is CC(C)(c1ccc(C(=O)O)o1)c1ccc(C(=O)O)o1. The van der Waals surface area contributed by atoms with Gasteiger partial charge in [0.25, 0.3) is 0 Å². The van der Waals surface area contributed by atoms with E-state index in [2.05, 4.69) is 0 Å². The van der Waals surface area contributed by atoms with Crippen LogP contribution in [0, 0.1) is 0 Å². The van der Waals surface area contributed by atoms with Crippen LogP contribution in [0.15, 0.2) is 33.1 Å². The van der Waals surface area contributed by atoms with Crippen molar-refractivity contribution in [1.82, 2.24) is 0 Å². The van der Waals surface area contributed by atoms with E-state index >= 15 is 0 Å². The predicted octanol–water partition coefficient (Wildman–Crippen LogP) is 2.59. The Balaban J connectivity index is 2.39. The Kier molecular flexibility index (Phi) is 2.94. The number of aromatic carboxylic acids is 2. The van der Waals surface area contributed by atoms with E-state index < -0.39 is 17.4 Å². The quantitative estimate of drug-likeness (QED) is 0.880. The number of rotatable bonds is 4. The molecule has 0 saturated heterocycles. The summed E-state index contributed by atoms with van der Waals surface area (Å²) in [5, 5.41) is 17.6. The molecule has 0 aliphatic heterocycles. The zero-order valence-electron chi connectivity index (χ0n) is 10.3. The first kappa shape index (κ1) is 12.9. The van der Waals surface area contributed by atoms with Gasteiger partial charge in [-0.3, -0.25) is 0 Å². The van der Waals surface area contributed by atoms with E-state index in [1.54, 1.807) is 13.8 Å². The summed E-state index contributed by atoms with van der Waals surface area (Å²) in [6, 6.07) is 5.76. The molecule has 6 heteroatoms. The zero-order chi connectivity index (χ0) is 14.2. The minimum atomic E-state index is -1.16. The minimum Gasteiger partial charge on any atom is -0.475 e. The average Bonchev–Trinajstić information content (AvgIpc) is 2.99. The van der Waals surface area contributed by atoms with Crippen molar-refractivity contribution in [2.45, 2.75) is 19.3 Å². The maximum atomic E-state index is 10.8.